The van der Waals surface area contributed by atoms with E-state index in [-0.39, 0.29) is 5.91 Å². The van der Waals surface area contributed by atoms with Crippen molar-refractivity contribution in [3.63, 3.8) is 0 Å². The molecule has 0 spiro atoms. The molecule has 1 amide bonds. The molecule has 1 fully saturated rings. The number of hydrogen-bond acceptors (Lipinski definition) is 9. The first-order valence-corrected chi connectivity index (χ1v) is 9.71. The van der Waals surface area contributed by atoms with Gasteiger partial charge in [-0.25, -0.2) is 0 Å². The largest absolute Gasteiger partial charge is 0.360 e. The zero-order chi connectivity index (χ0) is 16.9. The van der Waals surface area contributed by atoms with E-state index >= 15 is 0 Å². The van der Waals surface area contributed by atoms with Crippen molar-refractivity contribution in [1.29, 1.82) is 0 Å². The molecule has 130 valence electrons. The molecule has 3 rings (SSSR count). The maximum absolute atomic E-state index is 12.0. The molecule has 0 unspecified atom stereocenters. The maximum atomic E-state index is 12.0. The van der Waals surface area contributed by atoms with Gasteiger partial charge in [-0.1, -0.05) is 28.3 Å². The number of anilines is 1. The number of nitrogens with one attached hydrogen (secondary N) is 1. The number of aryl methyl sites for hydroxylation is 1. The monoisotopic (exact) mass is 368 g/mol. The van der Waals surface area contributed by atoms with Crippen molar-refractivity contribution in [2.75, 3.05) is 44.3 Å². The Kier molecular flexibility index (Phi) is 5.82. The third kappa shape index (κ3) is 4.76. The van der Waals surface area contributed by atoms with Crippen molar-refractivity contribution < 1.29 is 9.32 Å². The molecule has 1 aliphatic rings. The first-order valence-electron chi connectivity index (χ1n) is 7.66. The molecule has 0 bridgehead atoms. The van der Waals surface area contributed by atoms with Gasteiger partial charge in [0.15, 0.2) is 10.2 Å². The lowest BCUT2D eigenvalue weighted by atomic mass is 10.3. The zero-order valence-corrected chi connectivity index (χ0v) is 15.3. The molecule has 2 aromatic rings. The fraction of sp³-hybridized carbons (Fsp3) is 0.571. The summed E-state index contributed by atoms with van der Waals surface area (Å²) in [7, 11) is 0. The van der Waals surface area contributed by atoms with Gasteiger partial charge in [0, 0.05) is 32.2 Å². The maximum Gasteiger partial charge on any atom is 0.239 e. The average molecular weight is 368 g/mol. The Labute approximate surface area is 148 Å². The van der Waals surface area contributed by atoms with Gasteiger partial charge in [0.1, 0.15) is 10.8 Å². The summed E-state index contributed by atoms with van der Waals surface area (Å²) in [6.07, 6.45) is 2.01. The average Bonchev–Trinajstić information content (AvgIpc) is 3.18. The van der Waals surface area contributed by atoms with Crippen LogP contribution >= 0.6 is 23.1 Å². The van der Waals surface area contributed by atoms with E-state index in [0.717, 1.165) is 42.1 Å². The first-order chi connectivity index (χ1) is 11.6. The second-order valence-corrected chi connectivity index (χ2v) is 7.70. The van der Waals surface area contributed by atoms with Gasteiger partial charge >= 0.3 is 0 Å². The number of piperazine rings is 1. The van der Waals surface area contributed by atoms with Crippen molar-refractivity contribution >= 4 is 34.8 Å². The Hall–Kier alpha value is -1.49. The number of aromatic nitrogens is 3. The van der Waals surface area contributed by atoms with Crippen LogP contribution in [0.25, 0.3) is 0 Å². The molecule has 0 aromatic carbocycles. The third-order valence-electron chi connectivity index (χ3n) is 3.71. The quantitative estimate of drug-likeness (QED) is 0.764. The Bertz CT molecular complexity index is 680. The van der Waals surface area contributed by atoms with Gasteiger partial charge in [0.05, 0.1) is 13.1 Å². The highest BCUT2D eigenvalue weighted by molar-refractivity contribution is 8.00. The fourth-order valence-electron chi connectivity index (χ4n) is 2.49. The van der Waals surface area contributed by atoms with Crippen LogP contribution in [0.3, 0.4) is 0 Å². The van der Waals surface area contributed by atoms with Crippen LogP contribution in [-0.2, 0) is 11.3 Å². The van der Waals surface area contributed by atoms with Gasteiger partial charge in [-0.2, -0.15) is 0 Å². The topological polar surface area (TPSA) is 87.4 Å². The number of thioether (sulfide) groups is 1. The smallest absolute Gasteiger partial charge is 0.239 e. The zero-order valence-electron chi connectivity index (χ0n) is 13.7. The van der Waals surface area contributed by atoms with Gasteiger partial charge in [-0.05, 0) is 13.2 Å². The van der Waals surface area contributed by atoms with Gasteiger partial charge < -0.3 is 9.84 Å². The molecule has 0 aliphatic carbocycles. The van der Waals surface area contributed by atoms with E-state index in [9.17, 15) is 4.79 Å². The lowest BCUT2D eigenvalue weighted by Gasteiger charge is -2.33. The number of carbonyl (C=O) groups excluding carboxylic acids is 1. The van der Waals surface area contributed by atoms with Crippen LogP contribution in [0.15, 0.2) is 14.9 Å². The van der Waals surface area contributed by atoms with Crippen LogP contribution in [0.4, 0.5) is 5.82 Å². The minimum absolute atomic E-state index is 0.0644. The van der Waals surface area contributed by atoms with Crippen LogP contribution in [0, 0.1) is 6.92 Å². The number of amides is 1. The Morgan fingerprint density at radius 1 is 1.33 bits per heavy atom. The fourth-order valence-corrected chi connectivity index (χ4v) is 3.85. The Morgan fingerprint density at radius 3 is 2.71 bits per heavy atom. The van der Waals surface area contributed by atoms with Crippen molar-refractivity contribution in [3.05, 3.63) is 16.8 Å². The molecule has 0 atom stereocenters. The molecule has 10 heteroatoms. The molecular formula is C14H20N6O2S2. The lowest BCUT2D eigenvalue weighted by molar-refractivity contribution is -0.117. The third-order valence-corrected chi connectivity index (χ3v) is 5.59. The Balaban J connectivity index is 1.40. The van der Waals surface area contributed by atoms with Crippen LogP contribution < -0.4 is 5.32 Å². The number of nitrogens with zero attached hydrogens (tertiary/aromatic N) is 5. The normalized spacial score (nSPS) is 16.4. The van der Waals surface area contributed by atoms with E-state index in [4.69, 9.17) is 4.52 Å². The predicted octanol–water partition coefficient (Wildman–Crippen LogP) is 1.31. The molecule has 2 aromatic heterocycles. The summed E-state index contributed by atoms with van der Waals surface area (Å²) < 4.78 is 5.94. The molecule has 0 radical (unpaired) electrons. The van der Waals surface area contributed by atoms with Crippen molar-refractivity contribution in [1.82, 2.24) is 25.2 Å². The molecule has 1 saturated heterocycles. The summed E-state index contributed by atoms with van der Waals surface area (Å²) in [6.45, 7) is 6.56. The predicted molar refractivity (Wildman–Crippen MR) is 93.3 cm³/mol. The van der Waals surface area contributed by atoms with Gasteiger partial charge in [-0.15, -0.1) is 10.2 Å². The second-order valence-electron chi connectivity index (χ2n) is 5.59. The van der Waals surface area contributed by atoms with Gasteiger partial charge in [-0.3, -0.25) is 14.6 Å². The van der Waals surface area contributed by atoms with Crippen molar-refractivity contribution in [3.8, 4) is 0 Å². The molecule has 1 aliphatic heterocycles. The first kappa shape index (κ1) is 17.3. The van der Waals surface area contributed by atoms with Crippen LogP contribution in [0.1, 0.15) is 10.8 Å². The minimum atomic E-state index is -0.0644. The summed E-state index contributed by atoms with van der Waals surface area (Å²) in [6, 6.07) is 1.71. The lowest BCUT2D eigenvalue weighted by Crippen LogP contribution is -2.48. The highest BCUT2D eigenvalue weighted by Gasteiger charge is 2.20. The van der Waals surface area contributed by atoms with E-state index in [1.54, 1.807) is 36.1 Å². The highest BCUT2D eigenvalue weighted by Crippen LogP contribution is 2.21. The SMILES string of the molecule is CSc1nnc(CN2CCN(CC(=O)Nc3cc(C)on3)CC2)s1. The molecule has 0 saturated carbocycles. The van der Waals surface area contributed by atoms with Gasteiger partial charge in [0.2, 0.25) is 5.91 Å². The summed E-state index contributed by atoms with van der Waals surface area (Å²) >= 11 is 3.27. The van der Waals surface area contributed by atoms with Crippen LogP contribution in [-0.4, -0.2) is 70.0 Å². The summed E-state index contributed by atoms with van der Waals surface area (Å²) in [5.41, 5.74) is 0. The Morgan fingerprint density at radius 2 is 2.08 bits per heavy atom. The number of hydrogen-bond donors (Lipinski definition) is 1. The number of rotatable bonds is 6. The summed E-state index contributed by atoms with van der Waals surface area (Å²) in [5, 5.41) is 15.9. The standard InChI is InChI=1S/C14H20N6O2S2/c1-10-7-11(18-22-10)15-12(21)8-19-3-5-20(6-4-19)9-13-16-17-14(23-2)24-13/h7H,3-6,8-9H2,1-2H3,(H,15,18,21). The highest BCUT2D eigenvalue weighted by atomic mass is 32.2. The summed E-state index contributed by atoms with van der Waals surface area (Å²) in [5.74, 6) is 1.09. The van der Waals surface area contributed by atoms with Crippen molar-refractivity contribution in [2.45, 2.75) is 17.8 Å². The van der Waals surface area contributed by atoms with E-state index in [0.29, 0.717) is 18.1 Å². The van der Waals surface area contributed by atoms with Crippen LogP contribution in [0.5, 0.6) is 0 Å². The summed E-state index contributed by atoms with van der Waals surface area (Å²) in [4.78, 5) is 16.5. The second kappa shape index (κ2) is 8.06. The molecule has 8 nitrogen and oxygen atoms in total. The van der Waals surface area contributed by atoms with Crippen LogP contribution in [0.2, 0.25) is 0 Å². The van der Waals surface area contributed by atoms with E-state index in [1.165, 1.54) is 0 Å². The van der Waals surface area contributed by atoms with E-state index in [2.05, 4.69) is 30.5 Å². The molecule has 3 heterocycles. The van der Waals surface area contributed by atoms with Gasteiger partial charge in [0.25, 0.3) is 0 Å². The molecule has 1 N–H and O–H groups in total. The number of carbonyl (C=O) groups is 1. The minimum Gasteiger partial charge on any atom is -0.360 e. The van der Waals surface area contributed by atoms with Crippen molar-refractivity contribution in [2.24, 2.45) is 0 Å². The molecular weight excluding hydrogens is 348 g/mol. The molecule has 24 heavy (non-hydrogen) atoms. The van der Waals surface area contributed by atoms with E-state index in [1.807, 2.05) is 6.26 Å². The van der Waals surface area contributed by atoms with E-state index < -0.39 is 0 Å².